The van der Waals surface area contributed by atoms with Gasteiger partial charge in [-0.3, -0.25) is 14.9 Å². The first kappa shape index (κ1) is 13.8. The second-order valence-electron chi connectivity index (χ2n) is 5.17. The molecule has 2 aromatic rings. The predicted molar refractivity (Wildman–Crippen MR) is 82.7 cm³/mol. The van der Waals surface area contributed by atoms with E-state index in [1.807, 2.05) is 36.1 Å². The Labute approximate surface area is 126 Å². The van der Waals surface area contributed by atoms with Gasteiger partial charge < -0.3 is 4.90 Å². The smallest absolute Gasteiger partial charge is 0.304 e. The third-order valence-corrected chi connectivity index (χ3v) is 4.89. The summed E-state index contributed by atoms with van der Waals surface area (Å²) < 4.78 is 0. The van der Waals surface area contributed by atoms with Crippen LogP contribution in [0.1, 0.15) is 29.1 Å². The molecule has 1 aromatic heterocycles. The minimum absolute atomic E-state index is 0.00810. The van der Waals surface area contributed by atoms with Gasteiger partial charge in [0, 0.05) is 17.8 Å². The topological polar surface area (TPSA) is 63.4 Å². The van der Waals surface area contributed by atoms with Crippen LogP contribution in [0.3, 0.4) is 0 Å². The minimum atomic E-state index is -0.411. The summed E-state index contributed by atoms with van der Waals surface area (Å²) >= 11 is 1.20. The summed E-state index contributed by atoms with van der Waals surface area (Å²) in [5, 5.41) is 11.9. The molecule has 1 unspecified atom stereocenters. The number of fused-ring (bicyclic) bond motifs is 1. The molecule has 0 spiro atoms. The SMILES string of the molecule is CC(=O)c1cc([N+](=O)[O-])c(N2c3ccccc3CC2C)s1. The quantitative estimate of drug-likeness (QED) is 0.489. The Kier molecular flexibility index (Phi) is 3.25. The lowest BCUT2D eigenvalue weighted by Gasteiger charge is -2.22. The first-order valence-electron chi connectivity index (χ1n) is 6.65. The van der Waals surface area contributed by atoms with Crippen molar-refractivity contribution in [3.05, 3.63) is 50.9 Å². The van der Waals surface area contributed by atoms with Crippen molar-refractivity contribution in [2.24, 2.45) is 0 Å². The maximum atomic E-state index is 11.5. The molecule has 0 aliphatic carbocycles. The van der Waals surface area contributed by atoms with Crippen LogP contribution in [0.2, 0.25) is 0 Å². The number of rotatable bonds is 3. The van der Waals surface area contributed by atoms with Gasteiger partial charge in [-0.15, -0.1) is 11.3 Å². The highest BCUT2D eigenvalue weighted by molar-refractivity contribution is 7.18. The summed E-state index contributed by atoms with van der Waals surface area (Å²) in [5.41, 5.74) is 2.18. The van der Waals surface area contributed by atoms with Crippen molar-refractivity contribution in [2.75, 3.05) is 4.90 Å². The van der Waals surface area contributed by atoms with Gasteiger partial charge in [0.05, 0.1) is 9.80 Å². The van der Waals surface area contributed by atoms with Gasteiger partial charge in [0.1, 0.15) is 0 Å². The molecule has 5 nitrogen and oxygen atoms in total. The monoisotopic (exact) mass is 302 g/mol. The Morgan fingerprint density at radius 1 is 1.43 bits per heavy atom. The van der Waals surface area contributed by atoms with E-state index >= 15 is 0 Å². The van der Waals surface area contributed by atoms with Crippen molar-refractivity contribution < 1.29 is 9.72 Å². The van der Waals surface area contributed by atoms with Gasteiger partial charge in [-0.25, -0.2) is 0 Å². The second-order valence-corrected chi connectivity index (χ2v) is 6.20. The molecule has 1 aromatic carbocycles. The van der Waals surface area contributed by atoms with E-state index in [1.165, 1.54) is 29.9 Å². The lowest BCUT2D eigenvalue weighted by molar-refractivity contribution is -0.383. The van der Waals surface area contributed by atoms with Crippen LogP contribution in [0.5, 0.6) is 0 Å². The van der Waals surface area contributed by atoms with Gasteiger partial charge in [0.2, 0.25) is 0 Å². The number of benzene rings is 1. The van der Waals surface area contributed by atoms with Crippen LogP contribution in [0, 0.1) is 10.1 Å². The summed E-state index contributed by atoms with van der Waals surface area (Å²) in [7, 11) is 0. The van der Waals surface area contributed by atoms with Gasteiger partial charge in [0.25, 0.3) is 0 Å². The molecule has 1 aliphatic heterocycles. The standard InChI is InChI=1S/C15H14N2O3S/c1-9-7-11-5-3-4-6-12(11)16(9)15-13(17(19)20)8-14(21-15)10(2)18/h3-6,8-9H,7H2,1-2H3. The highest BCUT2D eigenvalue weighted by Gasteiger charge is 2.34. The first-order chi connectivity index (χ1) is 9.99. The molecule has 3 rings (SSSR count). The van der Waals surface area contributed by atoms with Crippen LogP contribution in [0.15, 0.2) is 30.3 Å². The fourth-order valence-electron chi connectivity index (χ4n) is 2.72. The van der Waals surface area contributed by atoms with E-state index in [0.717, 1.165) is 12.1 Å². The van der Waals surface area contributed by atoms with E-state index in [2.05, 4.69) is 0 Å². The maximum absolute atomic E-state index is 11.5. The summed E-state index contributed by atoms with van der Waals surface area (Å²) in [4.78, 5) is 24.8. The zero-order valence-electron chi connectivity index (χ0n) is 11.7. The van der Waals surface area contributed by atoms with Crippen LogP contribution in [0.4, 0.5) is 16.4 Å². The molecule has 108 valence electrons. The normalized spacial score (nSPS) is 16.9. The summed E-state index contributed by atoms with van der Waals surface area (Å²) in [6, 6.07) is 9.43. The average molecular weight is 302 g/mol. The Morgan fingerprint density at radius 3 is 2.81 bits per heavy atom. The number of nitro groups is 1. The zero-order chi connectivity index (χ0) is 15.1. The summed E-state index contributed by atoms with van der Waals surface area (Å²) in [6.07, 6.45) is 0.848. The molecule has 0 saturated heterocycles. The van der Waals surface area contributed by atoms with E-state index in [-0.39, 0.29) is 17.5 Å². The van der Waals surface area contributed by atoms with Gasteiger partial charge in [-0.2, -0.15) is 0 Å². The van der Waals surface area contributed by atoms with E-state index in [9.17, 15) is 14.9 Å². The number of hydrogen-bond acceptors (Lipinski definition) is 5. The average Bonchev–Trinajstić information content (AvgIpc) is 2.98. The van der Waals surface area contributed by atoms with E-state index in [0.29, 0.717) is 9.88 Å². The first-order valence-corrected chi connectivity index (χ1v) is 7.47. The van der Waals surface area contributed by atoms with E-state index in [4.69, 9.17) is 0 Å². The molecular weight excluding hydrogens is 288 g/mol. The van der Waals surface area contributed by atoms with Gasteiger partial charge >= 0.3 is 5.69 Å². The number of carbonyl (C=O) groups excluding carboxylic acids is 1. The number of ketones is 1. The Balaban J connectivity index is 2.16. The molecule has 2 heterocycles. The Morgan fingerprint density at radius 2 is 2.14 bits per heavy atom. The van der Waals surface area contributed by atoms with Crippen molar-refractivity contribution in [1.29, 1.82) is 0 Å². The van der Waals surface area contributed by atoms with Crippen LogP contribution >= 0.6 is 11.3 Å². The van der Waals surface area contributed by atoms with Crippen LogP contribution < -0.4 is 4.90 Å². The molecule has 1 aliphatic rings. The Bertz CT molecular complexity index is 738. The molecule has 0 radical (unpaired) electrons. The summed E-state index contributed by atoms with van der Waals surface area (Å²) in [5.74, 6) is -0.144. The van der Waals surface area contributed by atoms with Crippen molar-refractivity contribution in [3.63, 3.8) is 0 Å². The van der Waals surface area contributed by atoms with Crippen molar-refractivity contribution in [1.82, 2.24) is 0 Å². The predicted octanol–water partition coefficient (Wildman–Crippen LogP) is 3.94. The fourth-order valence-corrected chi connectivity index (χ4v) is 3.86. The number of carbonyl (C=O) groups is 1. The number of Topliss-reactive ketones (excluding diaryl/α,β-unsaturated/α-hetero) is 1. The molecule has 0 N–H and O–H groups in total. The lowest BCUT2D eigenvalue weighted by atomic mass is 10.1. The highest BCUT2D eigenvalue weighted by atomic mass is 32.1. The molecule has 0 bridgehead atoms. The highest BCUT2D eigenvalue weighted by Crippen LogP contribution is 2.46. The van der Waals surface area contributed by atoms with Crippen molar-refractivity contribution in [2.45, 2.75) is 26.3 Å². The van der Waals surface area contributed by atoms with Gasteiger partial charge in [-0.1, -0.05) is 18.2 Å². The third kappa shape index (κ3) is 2.21. The number of para-hydroxylation sites is 1. The number of thiophene rings is 1. The van der Waals surface area contributed by atoms with Crippen LogP contribution in [-0.2, 0) is 6.42 Å². The molecule has 0 amide bonds. The zero-order valence-corrected chi connectivity index (χ0v) is 12.5. The molecule has 0 saturated carbocycles. The molecule has 21 heavy (non-hydrogen) atoms. The van der Waals surface area contributed by atoms with Crippen LogP contribution in [0.25, 0.3) is 0 Å². The number of anilines is 2. The van der Waals surface area contributed by atoms with Crippen molar-refractivity contribution >= 4 is 33.5 Å². The molecule has 0 fully saturated rings. The maximum Gasteiger partial charge on any atom is 0.304 e. The lowest BCUT2D eigenvalue weighted by Crippen LogP contribution is -2.23. The molecular formula is C15H14N2O3S. The second kappa shape index (κ2) is 4.96. The largest absolute Gasteiger partial charge is 0.324 e. The van der Waals surface area contributed by atoms with Gasteiger partial charge in [0.15, 0.2) is 10.8 Å². The minimum Gasteiger partial charge on any atom is -0.324 e. The van der Waals surface area contributed by atoms with Crippen molar-refractivity contribution in [3.8, 4) is 0 Å². The third-order valence-electron chi connectivity index (χ3n) is 3.66. The summed E-state index contributed by atoms with van der Waals surface area (Å²) in [6.45, 7) is 3.47. The molecule has 6 heteroatoms. The number of hydrogen-bond donors (Lipinski definition) is 0. The number of nitrogens with zero attached hydrogens (tertiary/aromatic N) is 2. The van der Waals surface area contributed by atoms with Crippen LogP contribution in [-0.4, -0.2) is 16.7 Å². The van der Waals surface area contributed by atoms with E-state index in [1.54, 1.807) is 0 Å². The van der Waals surface area contributed by atoms with E-state index < -0.39 is 4.92 Å². The molecule has 1 atom stereocenters. The fraction of sp³-hybridized carbons (Fsp3) is 0.267. The van der Waals surface area contributed by atoms with Gasteiger partial charge in [-0.05, 0) is 31.9 Å². The Hall–Kier alpha value is -2.21.